The molecule has 0 bridgehead atoms. The second-order valence-corrected chi connectivity index (χ2v) is 4.96. The van der Waals surface area contributed by atoms with Crippen LogP contribution in [0.3, 0.4) is 0 Å². The van der Waals surface area contributed by atoms with Crippen LogP contribution in [-0.4, -0.2) is 17.7 Å². The lowest BCUT2D eigenvalue weighted by molar-refractivity contribution is 0.199. The first-order valence-electron chi connectivity index (χ1n) is 6.66. The molecule has 1 aliphatic rings. The maximum Gasteiger partial charge on any atom is 0.0992 e. The van der Waals surface area contributed by atoms with Crippen LogP contribution in [0.25, 0.3) is 0 Å². The van der Waals surface area contributed by atoms with Crippen molar-refractivity contribution in [2.24, 2.45) is 0 Å². The van der Waals surface area contributed by atoms with E-state index >= 15 is 0 Å². The molecule has 1 aromatic rings. The molecule has 3 heteroatoms. The highest BCUT2D eigenvalue weighted by Crippen LogP contribution is 2.33. The van der Waals surface area contributed by atoms with Gasteiger partial charge in [-0.1, -0.05) is 13.0 Å². The molecule has 1 heterocycles. The SMILES string of the molecule is CCC1CCCN1c1cc(C#N)ccc1[C@H](C)O. The van der Waals surface area contributed by atoms with E-state index < -0.39 is 6.10 Å². The zero-order valence-corrected chi connectivity index (χ0v) is 11.1. The molecular formula is C15H20N2O. The largest absolute Gasteiger partial charge is 0.389 e. The Kier molecular flexibility index (Phi) is 3.88. The Morgan fingerprint density at radius 2 is 2.33 bits per heavy atom. The smallest absolute Gasteiger partial charge is 0.0992 e. The summed E-state index contributed by atoms with van der Waals surface area (Å²) in [5, 5.41) is 18.9. The molecule has 0 aliphatic carbocycles. The fourth-order valence-corrected chi connectivity index (χ4v) is 2.79. The summed E-state index contributed by atoms with van der Waals surface area (Å²) in [7, 11) is 0. The van der Waals surface area contributed by atoms with Gasteiger partial charge in [-0.2, -0.15) is 5.26 Å². The predicted octanol–water partition coefficient (Wildman–Crippen LogP) is 2.99. The summed E-state index contributed by atoms with van der Waals surface area (Å²) in [6, 6.07) is 8.29. The predicted molar refractivity (Wildman–Crippen MR) is 72.4 cm³/mol. The fraction of sp³-hybridized carbons (Fsp3) is 0.533. The second-order valence-electron chi connectivity index (χ2n) is 4.96. The monoisotopic (exact) mass is 244 g/mol. The van der Waals surface area contributed by atoms with Crippen molar-refractivity contribution in [2.45, 2.75) is 45.3 Å². The van der Waals surface area contributed by atoms with Gasteiger partial charge in [0.15, 0.2) is 0 Å². The van der Waals surface area contributed by atoms with E-state index in [1.807, 2.05) is 12.1 Å². The van der Waals surface area contributed by atoms with Crippen LogP contribution < -0.4 is 4.90 Å². The lowest BCUT2D eigenvalue weighted by Gasteiger charge is -2.29. The van der Waals surface area contributed by atoms with Crippen LogP contribution in [0, 0.1) is 11.3 Å². The van der Waals surface area contributed by atoms with Gasteiger partial charge in [-0.3, -0.25) is 0 Å². The van der Waals surface area contributed by atoms with Crippen molar-refractivity contribution in [2.75, 3.05) is 11.4 Å². The van der Waals surface area contributed by atoms with E-state index in [0.29, 0.717) is 11.6 Å². The lowest BCUT2D eigenvalue weighted by Crippen LogP contribution is -2.29. The molecule has 18 heavy (non-hydrogen) atoms. The maximum absolute atomic E-state index is 9.88. The first-order chi connectivity index (χ1) is 8.67. The Morgan fingerprint density at radius 3 is 2.94 bits per heavy atom. The molecule has 1 aromatic carbocycles. The Labute approximate surface area is 109 Å². The van der Waals surface area contributed by atoms with E-state index in [-0.39, 0.29) is 0 Å². The van der Waals surface area contributed by atoms with Crippen molar-refractivity contribution in [1.82, 2.24) is 0 Å². The number of nitrogens with zero attached hydrogens (tertiary/aromatic N) is 2. The molecule has 0 radical (unpaired) electrons. The van der Waals surface area contributed by atoms with Crippen LogP contribution in [0.2, 0.25) is 0 Å². The Balaban J connectivity index is 2.43. The molecule has 2 atom stereocenters. The zero-order chi connectivity index (χ0) is 13.1. The van der Waals surface area contributed by atoms with Crippen LogP contribution in [0.5, 0.6) is 0 Å². The van der Waals surface area contributed by atoms with Crippen LogP contribution in [0.1, 0.15) is 50.3 Å². The van der Waals surface area contributed by atoms with Crippen molar-refractivity contribution >= 4 is 5.69 Å². The first-order valence-corrected chi connectivity index (χ1v) is 6.66. The number of rotatable bonds is 3. The van der Waals surface area contributed by atoms with Crippen molar-refractivity contribution in [3.05, 3.63) is 29.3 Å². The molecular weight excluding hydrogens is 224 g/mol. The average Bonchev–Trinajstić information content (AvgIpc) is 2.85. The van der Waals surface area contributed by atoms with E-state index in [9.17, 15) is 5.11 Å². The average molecular weight is 244 g/mol. The molecule has 1 fully saturated rings. The van der Waals surface area contributed by atoms with Gasteiger partial charge in [-0.05, 0) is 38.3 Å². The summed E-state index contributed by atoms with van der Waals surface area (Å²) >= 11 is 0. The normalized spacial score (nSPS) is 20.8. The lowest BCUT2D eigenvalue weighted by atomic mass is 10.0. The maximum atomic E-state index is 9.88. The minimum absolute atomic E-state index is 0.495. The molecule has 1 saturated heterocycles. The number of benzene rings is 1. The molecule has 0 aromatic heterocycles. The van der Waals surface area contributed by atoms with Gasteiger partial charge >= 0.3 is 0 Å². The second kappa shape index (κ2) is 5.41. The van der Waals surface area contributed by atoms with Gasteiger partial charge in [0.05, 0.1) is 17.7 Å². The summed E-state index contributed by atoms with van der Waals surface area (Å²) in [4.78, 5) is 2.35. The summed E-state index contributed by atoms with van der Waals surface area (Å²) < 4.78 is 0. The minimum Gasteiger partial charge on any atom is -0.389 e. The molecule has 2 rings (SSSR count). The molecule has 1 N–H and O–H groups in total. The summed E-state index contributed by atoms with van der Waals surface area (Å²) in [5.74, 6) is 0. The number of aliphatic hydroxyl groups is 1. The van der Waals surface area contributed by atoms with Crippen molar-refractivity contribution < 1.29 is 5.11 Å². The molecule has 0 saturated carbocycles. The summed E-state index contributed by atoms with van der Waals surface area (Å²) in [6.07, 6.45) is 3.00. The van der Waals surface area contributed by atoms with E-state index in [4.69, 9.17) is 5.26 Å². The van der Waals surface area contributed by atoms with Gasteiger partial charge < -0.3 is 10.0 Å². The van der Waals surface area contributed by atoms with E-state index in [2.05, 4.69) is 17.9 Å². The Morgan fingerprint density at radius 1 is 1.56 bits per heavy atom. The number of hydrogen-bond donors (Lipinski definition) is 1. The van der Waals surface area contributed by atoms with Gasteiger partial charge in [0.25, 0.3) is 0 Å². The minimum atomic E-state index is -0.495. The van der Waals surface area contributed by atoms with Crippen molar-refractivity contribution in [3.8, 4) is 6.07 Å². The molecule has 0 amide bonds. The van der Waals surface area contributed by atoms with Gasteiger partial charge in [-0.25, -0.2) is 0 Å². The van der Waals surface area contributed by atoms with Gasteiger partial charge in [-0.15, -0.1) is 0 Å². The Bertz CT molecular complexity index is 462. The molecule has 0 spiro atoms. The highest BCUT2D eigenvalue weighted by Gasteiger charge is 2.26. The quantitative estimate of drug-likeness (QED) is 0.889. The van der Waals surface area contributed by atoms with Crippen LogP contribution >= 0.6 is 0 Å². The number of anilines is 1. The number of hydrogen-bond acceptors (Lipinski definition) is 3. The van der Waals surface area contributed by atoms with E-state index in [1.54, 1.807) is 13.0 Å². The third kappa shape index (κ3) is 2.34. The highest BCUT2D eigenvalue weighted by atomic mass is 16.3. The van der Waals surface area contributed by atoms with E-state index in [1.165, 1.54) is 12.8 Å². The number of aliphatic hydroxyl groups excluding tert-OH is 1. The topological polar surface area (TPSA) is 47.3 Å². The third-order valence-electron chi connectivity index (χ3n) is 3.77. The van der Waals surface area contributed by atoms with Crippen molar-refractivity contribution in [1.29, 1.82) is 5.26 Å². The Hall–Kier alpha value is -1.53. The zero-order valence-electron chi connectivity index (χ0n) is 11.1. The standard InChI is InChI=1S/C15H20N2O/c1-3-13-5-4-8-17(13)15-9-12(10-16)6-7-14(15)11(2)18/h6-7,9,11,13,18H,3-5,8H2,1-2H3/t11-,13?/m0/s1. The highest BCUT2D eigenvalue weighted by molar-refractivity contribution is 5.59. The number of nitriles is 1. The van der Waals surface area contributed by atoms with Gasteiger partial charge in [0.1, 0.15) is 0 Å². The summed E-state index contributed by atoms with van der Waals surface area (Å²) in [6.45, 7) is 4.99. The van der Waals surface area contributed by atoms with Crippen molar-refractivity contribution in [3.63, 3.8) is 0 Å². The van der Waals surface area contributed by atoms with E-state index in [0.717, 1.165) is 24.2 Å². The van der Waals surface area contributed by atoms with Crippen LogP contribution in [0.4, 0.5) is 5.69 Å². The fourth-order valence-electron chi connectivity index (χ4n) is 2.79. The first kappa shape index (κ1) is 12.9. The summed E-state index contributed by atoms with van der Waals surface area (Å²) in [5.41, 5.74) is 2.62. The molecule has 1 aliphatic heterocycles. The van der Waals surface area contributed by atoms with Crippen LogP contribution in [-0.2, 0) is 0 Å². The van der Waals surface area contributed by atoms with Gasteiger partial charge in [0.2, 0.25) is 0 Å². The molecule has 1 unspecified atom stereocenters. The van der Waals surface area contributed by atoms with Crippen LogP contribution in [0.15, 0.2) is 18.2 Å². The molecule has 96 valence electrons. The van der Waals surface area contributed by atoms with Gasteiger partial charge in [0, 0.05) is 23.8 Å². The third-order valence-corrected chi connectivity index (χ3v) is 3.77. The molecule has 3 nitrogen and oxygen atoms in total.